The molecule has 138 valence electrons. The number of nitrogens with one attached hydrogen (secondary N) is 1. The third-order valence-corrected chi connectivity index (χ3v) is 5.17. The van der Waals surface area contributed by atoms with Crippen LogP contribution in [0.4, 0.5) is 15.3 Å². The highest BCUT2D eigenvalue weighted by Gasteiger charge is 2.38. The highest BCUT2D eigenvalue weighted by Crippen LogP contribution is 2.22. The number of hydrogen-bond acceptors (Lipinski definition) is 4. The number of fused-ring (bicyclic) bond motifs is 1. The van der Waals surface area contributed by atoms with Crippen molar-refractivity contribution in [3.63, 3.8) is 0 Å². The quantitative estimate of drug-likeness (QED) is 0.879. The Morgan fingerprint density at radius 3 is 2.69 bits per heavy atom. The molecule has 0 bridgehead atoms. The van der Waals surface area contributed by atoms with Crippen LogP contribution in [0.5, 0.6) is 0 Å². The van der Waals surface area contributed by atoms with Crippen molar-refractivity contribution in [1.82, 2.24) is 15.1 Å². The molecule has 3 saturated heterocycles. The van der Waals surface area contributed by atoms with Crippen molar-refractivity contribution in [2.24, 2.45) is 0 Å². The Hall–Kier alpha value is -2.77. The van der Waals surface area contributed by atoms with Gasteiger partial charge in [0, 0.05) is 44.8 Å². The maximum absolute atomic E-state index is 12.4. The van der Waals surface area contributed by atoms with E-state index in [0.717, 1.165) is 24.2 Å². The highest BCUT2D eigenvalue weighted by atomic mass is 16.6. The number of cyclic esters (lactones) is 1. The van der Waals surface area contributed by atoms with Crippen LogP contribution in [0.3, 0.4) is 0 Å². The number of nitrogens with zero attached hydrogens (tertiary/aromatic N) is 3. The van der Waals surface area contributed by atoms with E-state index >= 15 is 0 Å². The Morgan fingerprint density at radius 1 is 1.15 bits per heavy atom. The van der Waals surface area contributed by atoms with Gasteiger partial charge in [-0.3, -0.25) is 9.69 Å². The molecule has 1 N–H and O–H groups in total. The van der Waals surface area contributed by atoms with Gasteiger partial charge in [-0.25, -0.2) is 9.59 Å². The summed E-state index contributed by atoms with van der Waals surface area (Å²) in [5.41, 5.74) is 1.89. The molecular weight excluding hydrogens is 336 g/mol. The Labute approximate surface area is 151 Å². The van der Waals surface area contributed by atoms with Crippen LogP contribution >= 0.6 is 0 Å². The summed E-state index contributed by atoms with van der Waals surface area (Å²) in [6.45, 7) is 3.05. The van der Waals surface area contributed by atoms with E-state index in [2.05, 4.69) is 5.32 Å². The Bertz CT molecular complexity index is 720. The lowest BCUT2D eigenvalue weighted by Crippen LogP contribution is -2.55. The summed E-state index contributed by atoms with van der Waals surface area (Å²) >= 11 is 0. The highest BCUT2D eigenvalue weighted by molar-refractivity contribution is 5.95. The van der Waals surface area contributed by atoms with Crippen molar-refractivity contribution in [3.8, 4) is 0 Å². The Kier molecular flexibility index (Phi) is 4.40. The van der Waals surface area contributed by atoms with Crippen molar-refractivity contribution < 1.29 is 19.1 Å². The predicted octanol–water partition coefficient (Wildman–Crippen LogP) is 1.16. The number of carbonyl (C=O) groups is 3. The lowest BCUT2D eigenvalue weighted by atomic mass is 10.2. The number of carbonyl (C=O) groups excluding carboxylic acids is 3. The SMILES string of the molecule is O=C(NCc1ccc(N2CCCC2=O)cc1)N1CCN2C(=O)OC[C@@H]2C1. The second-order valence-corrected chi connectivity index (χ2v) is 6.84. The van der Waals surface area contributed by atoms with Gasteiger partial charge in [-0.1, -0.05) is 12.1 Å². The first-order chi connectivity index (χ1) is 12.6. The molecule has 4 rings (SSSR count). The van der Waals surface area contributed by atoms with Crippen LogP contribution in [0.2, 0.25) is 0 Å². The molecule has 0 aliphatic carbocycles. The summed E-state index contributed by atoms with van der Waals surface area (Å²) < 4.78 is 5.02. The van der Waals surface area contributed by atoms with Gasteiger partial charge in [0.15, 0.2) is 0 Å². The van der Waals surface area contributed by atoms with Crippen LogP contribution < -0.4 is 10.2 Å². The molecule has 0 radical (unpaired) electrons. The molecule has 26 heavy (non-hydrogen) atoms. The number of amides is 4. The zero-order valence-electron chi connectivity index (χ0n) is 14.5. The third kappa shape index (κ3) is 3.18. The number of anilines is 1. The van der Waals surface area contributed by atoms with E-state index in [0.29, 0.717) is 39.2 Å². The molecule has 1 atom stereocenters. The molecule has 1 aromatic carbocycles. The van der Waals surface area contributed by atoms with Gasteiger partial charge in [0.05, 0.1) is 6.04 Å². The van der Waals surface area contributed by atoms with Gasteiger partial charge in [0.1, 0.15) is 6.61 Å². The summed E-state index contributed by atoms with van der Waals surface area (Å²) in [6, 6.07) is 7.53. The molecule has 3 aliphatic rings. The number of benzene rings is 1. The molecule has 8 nitrogen and oxygen atoms in total. The van der Waals surface area contributed by atoms with Crippen molar-refractivity contribution >= 4 is 23.7 Å². The first kappa shape index (κ1) is 16.7. The molecule has 3 fully saturated rings. The maximum atomic E-state index is 12.4. The van der Waals surface area contributed by atoms with E-state index in [-0.39, 0.29) is 24.1 Å². The summed E-state index contributed by atoms with van der Waals surface area (Å²) in [4.78, 5) is 40.9. The van der Waals surface area contributed by atoms with E-state index < -0.39 is 0 Å². The molecule has 1 aromatic rings. The number of rotatable bonds is 3. The standard InChI is InChI=1S/C18H22N4O4/c23-16-2-1-7-21(16)14-5-3-13(4-6-14)10-19-17(24)20-8-9-22-15(11-20)12-26-18(22)25/h3-6,15H,1-2,7-12H2,(H,19,24)/t15-/m0/s1. The molecule has 0 aromatic heterocycles. The molecule has 0 unspecified atom stereocenters. The van der Waals surface area contributed by atoms with Gasteiger partial charge in [0.25, 0.3) is 0 Å². The second-order valence-electron chi connectivity index (χ2n) is 6.84. The number of piperazine rings is 1. The van der Waals surface area contributed by atoms with E-state index in [1.54, 1.807) is 14.7 Å². The average molecular weight is 358 g/mol. The lowest BCUT2D eigenvalue weighted by Gasteiger charge is -2.35. The van der Waals surface area contributed by atoms with Crippen molar-refractivity contribution in [1.29, 1.82) is 0 Å². The minimum Gasteiger partial charge on any atom is -0.447 e. The van der Waals surface area contributed by atoms with Gasteiger partial charge in [-0.2, -0.15) is 0 Å². The minimum atomic E-state index is -0.286. The van der Waals surface area contributed by atoms with Crippen molar-refractivity contribution in [3.05, 3.63) is 29.8 Å². The van der Waals surface area contributed by atoms with Gasteiger partial charge >= 0.3 is 12.1 Å². The second kappa shape index (κ2) is 6.86. The first-order valence-corrected chi connectivity index (χ1v) is 8.97. The molecule has 3 aliphatic heterocycles. The molecule has 0 spiro atoms. The van der Waals surface area contributed by atoms with Crippen molar-refractivity contribution in [2.45, 2.75) is 25.4 Å². The van der Waals surface area contributed by atoms with Crippen LogP contribution in [0, 0.1) is 0 Å². The summed E-state index contributed by atoms with van der Waals surface area (Å²) in [5, 5.41) is 2.92. The maximum Gasteiger partial charge on any atom is 0.410 e. The predicted molar refractivity (Wildman–Crippen MR) is 93.7 cm³/mol. The van der Waals surface area contributed by atoms with Crippen LogP contribution in [-0.2, 0) is 16.1 Å². The number of urea groups is 1. The van der Waals surface area contributed by atoms with Gasteiger partial charge < -0.3 is 19.9 Å². The van der Waals surface area contributed by atoms with E-state index in [1.807, 2.05) is 24.3 Å². The average Bonchev–Trinajstić information content (AvgIpc) is 3.26. The topological polar surface area (TPSA) is 82.2 Å². The first-order valence-electron chi connectivity index (χ1n) is 8.97. The van der Waals surface area contributed by atoms with E-state index in [9.17, 15) is 14.4 Å². The van der Waals surface area contributed by atoms with Crippen LogP contribution in [0.15, 0.2) is 24.3 Å². The zero-order valence-corrected chi connectivity index (χ0v) is 14.5. The largest absolute Gasteiger partial charge is 0.447 e. The third-order valence-electron chi connectivity index (χ3n) is 5.17. The fourth-order valence-corrected chi connectivity index (χ4v) is 3.68. The van der Waals surface area contributed by atoms with Crippen molar-refractivity contribution in [2.75, 3.05) is 37.7 Å². The number of hydrogen-bond donors (Lipinski definition) is 1. The Balaban J connectivity index is 1.29. The summed E-state index contributed by atoms with van der Waals surface area (Å²) in [5.74, 6) is 0.166. The molecule has 4 amide bonds. The normalized spacial score (nSPS) is 22.5. The van der Waals surface area contributed by atoms with Crippen LogP contribution in [0.1, 0.15) is 18.4 Å². The molecule has 3 heterocycles. The van der Waals surface area contributed by atoms with Crippen LogP contribution in [-0.4, -0.2) is 66.7 Å². The number of ether oxygens (including phenoxy) is 1. The summed E-state index contributed by atoms with van der Waals surface area (Å²) in [7, 11) is 0. The van der Waals surface area contributed by atoms with E-state index in [1.165, 1.54) is 0 Å². The Morgan fingerprint density at radius 2 is 1.96 bits per heavy atom. The van der Waals surface area contributed by atoms with Crippen LogP contribution in [0.25, 0.3) is 0 Å². The molecule has 0 saturated carbocycles. The smallest absolute Gasteiger partial charge is 0.410 e. The van der Waals surface area contributed by atoms with E-state index in [4.69, 9.17) is 4.74 Å². The molecular formula is C18H22N4O4. The molecule has 8 heteroatoms. The monoisotopic (exact) mass is 358 g/mol. The lowest BCUT2D eigenvalue weighted by molar-refractivity contribution is -0.117. The van der Waals surface area contributed by atoms with Gasteiger partial charge in [-0.05, 0) is 24.1 Å². The van der Waals surface area contributed by atoms with Gasteiger partial charge in [-0.15, -0.1) is 0 Å². The fourth-order valence-electron chi connectivity index (χ4n) is 3.68. The zero-order chi connectivity index (χ0) is 18.1. The fraction of sp³-hybridized carbons (Fsp3) is 0.500. The minimum absolute atomic E-state index is 0.0423. The van der Waals surface area contributed by atoms with Gasteiger partial charge in [0.2, 0.25) is 5.91 Å². The summed E-state index contributed by atoms with van der Waals surface area (Å²) in [6.07, 6.45) is 1.23.